The highest BCUT2D eigenvalue weighted by Gasteiger charge is 2.13. The summed E-state index contributed by atoms with van der Waals surface area (Å²) in [4.78, 5) is 22.0. The van der Waals surface area contributed by atoms with Gasteiger partial charge in [0.15, 0.2) is 6.10 Å². The summed E-state index contributed by atoms with van der Waals surface area (Å²) in [6.45, 7) is 1.92. The minimum absolute atomic E-state index is 0.337. The van der Waals surface area contributed by atoms with Crippen LogP contribution in [0.5, 0.6) is 0 Å². The number of carbonyl (C=O) groups excluding carboxylic acids is 2. The molecule has 0 aromatic carbocycles. The van der Waals surface area contributed by atoms with Crippen LogP contribution in [0.4, 0.5) is 0 Å². The van der Waals surface area contributed by atoms with E-state index in [0.29, 0.717) is 6.42 Å². The number of aliphatic hydroxyl groups excluding tert-OH is 1. The van der Waals surface area contributed by atoms with E-state index in [1.165, 1.54) is 77.0 Å². The van der Waals surface area contributed by atoms with E-state index in [9.17, 15) is 9.59 Å². The van der Waals surface area contributed by atoms with Gasteiger partial charge in [0.05, 0.1) is 0 Å². The molecule has 0 aromatic rings. The molecule has 0 bridgehead atoms. The van der Waals surface area contributed by atoms with E-state index in [0.717, 1.165) is 19.3 Å². The monoisotopic (exact) mass is 371 g/mol. The fraction of sp³-hybridized carbons (Fsp3) is 0.905. The van der Waals surface area contributed by atoms with Gasteiger partial charge in [0, 0.05) is 6.42 Å². The van der Waals surface area contributed by atoms with Gasteiger partial charge in [0.25, 0.3) is 0 Å². The first-order chi connectivity index (χ1) is 12.6. The fourth-order valence-electron chi connectivity index (χ4n) is 2.97. The Morgan fingerprint density at radius 1 is 0.769 bits per heavy atom. The van der Waals surface area contributed by atoms with Gasteiger partial charge in [-0.05, 0) is 6.42 Å². The molecule has 0 radical (unpaired) electrons. The minimum atomic E-state index is -1.40. The highest BCUT2D eigenvalue weighted by molar-refractivity contribution is 5.79. The highest BCUT2D eigenvalue weighted by atomic mass is 16.5. The number of rotatable bonds is 19. The smallest absolute Gasteiger partial charge is 0.305 e. The lowest BCUT2D eigenvalue weighted by Gasteiger charge is -2.07. The normalized spacial score (nSPS) is 12.1. The number of esters is 1. The van der Waals surface area contributed by atoms with Crippen LogP contribution in [0, 0.1) is 0 Å². The van der Waals surface area contributed by atoms with Crippen LogP contribution in [-0.4, -0.2) is 29.7 Å². The molecule has 5 nitrogen and oxygen atoms in total. The van der Waals surface area contributed by atoms with Crippen molar-refractivity contribution in [3.8, 4) is 0 Å². The maximum absolute atomic E-state index is 11.4. The Balaban J connectivity index is 3.19. The molecule has 0 aromatic heterocycles. The van der Waals surface area contributed by atoms with E-state index in [-0.39, 0.29) is 12.6 Å². The predicted molar refractivity (Wildman–Crippen MR) is 106 cm³/mol. The van der Waals surface area contributed by atoms with E-state index in [2.05, 4.69) is 6.92 Å². The topological polar surface area (TPSA) is 89.6 Å². The van der Waals surface area contributed by atoms with Crippen molar-refractivity contribution in [2.75, 3.05) is 6.61 Å². The van der Waals surface area contributed by atoms with Gasteiger partial charge in [-0.25, -0.2) is 0 Å². The number of aliphatic hydroxyl groups is 1. The second-order valence-corrected chi connectivity index (χ2v) is 7.30. The third-order valence-corrected chi connectivity index (χ3v) is 4.72. The maximum atomic E-state index is 11.4. The Hall–Kier alpha value is -1.10. The Labute approximate surface area is 160 Å². The van der Waals surface area contributed by atoms with Crippen molar-refractivity contribution in [1.29, 1.82) is 0 Å². The number of nitrogens with two attached hydrogens (primary N) is 1. The van der Waals surface area contributed by atoms with Gasteiger partial charge in [0.1, 0.15) is 6.61 Å². The van der Waals surface area contributed by atoms with Crippen LogP contribution in [0.15, 0.2) is 0 Å². The van der Waals surface area contributed by atoms with Gasteiger partial charge >= 0.3 is 5.97 Å². The number of ether oxygens (including phenoxy) is 1. The maximum Gasteiger partial charge on any atom is 0.305 e. The third kappa shape index (κ3) is 17.7. The van der Waals surface area contributed by atoms with Gasteiger partial charge in [0.2, 0.25) is 5.91 Å². The highest BCUT2D eigenvalue weighted by Crippen LogP contribution is 2.13. The number of hydrogen-bond acceptors (Lipinski definition) is 4. The molecule has 0 spiro atoms. The lowest BCUT2D eigenvalue weighted by Crippen LogP contribution is -2.33. The summed E-state index contributed by atoms with van der Waals surface area (Å²) in [5.41, 5.74) is 4.88. The average Bonchev–Trinajstić information content (AvgIpc) is 2.62. The van der Waals surface area contributed by atoms with Gasteiger partial charge in [-0.3, -0.25) is 9.59 Å². The minimum Gasteiger partial charge on any atom is -0.462 e. The van der Waals surface area contributed by atoms with Gasteiger partial charge in [-0.2, -0.15) is 0 Å². The molecular formula is C21H41NO4. The first-order valence-electron chi connectivity index (χ1n) is 10.7. The second kappa shape index (κ2) is 18.7. The lowest BCUT2D eigenvalue weighted by atomic mass is 10.0. The molecule has 1 unspecified atom stereocenters. The van der Waals surface area contributed by atoms with Gasteiger partial charge < -0.3 is 15.6 Å². The van der Waals surface area contributed by atoms with Crippen molar-refractivity contribution in [2.24, 2.45) is 5.73 Å². The van der Waals surface area contributed by atoms with Crippen LogP contribution in [0.2, 0.25) is 0 Å². The molecule has 0 aliphatic rings. The molecule has 1 amide bonds. The van der Waals surface area contributed by atoms with Crippen LogP contribution in [0.25, 0.3) is 0 Å². The Kier molecular flexibility index (Phi) is 17.9. The SMILES string of the molecule is CCCCCCCCCCCCCCCCCC(=O)OCC(O)C(N)=O. The predicted octanol–water partition coefficient (Wildman–Crippen LogP) is 4.64. The van der Waals surface area contributed by atoms with Crippen molar-refractivity contribution >= 4 is 11.9 Å². The molecular weight excluding hydrogens is 330 g/mol. The van der Waals surface area contributed by atoms with Crippen LogP contribution < -0.4 is 5.73 Å². The van der Waals surface area contributed by atoms with Crippen molar-refractivity contribution in [3.05, 3.63) is 0 Å². The van der Waals surface area contributed by atoms with Gasteiger partial charge in [-0.1, -0.05) is 96.8 Å². The molecule has 5 heteroatoms. The quantitative estimate of drug-likeness (QED) is 0.256. The van der Waals surface area contributed by atoms with Crippen molar-refractivity contribution in [2.45, 2.75) is 116 Å². The summed E-state index contributed by atoms with van der Waals surface area (Å²) in [7, 11) is 0. The first-order valence-corrected chi connectivity index (χ1v) is 10.7. The molecule has 3 N–H and O–H groups in total. The third-order valence-electron chi connectivity index (χ3n) is 4.72. The molecule has 154 valence electrons. The van der Waals surface area contributed by atoms with E-state index in [1.54, 1.807) is 0 Å². The molecule has 1 atom stereocenters. The number of hydrogen-bond donors (Lipinski definition) is 2. The number of carbonyl (C=O) groups is 2. The summed E-state index contributed by atoms with van der Waals surface area (Å²) in [6, 6.07) is 0. The standard InChI is InChI=1S/C21H41NO4/c1-2-3-4-5-6-7-8-9-10-11-12-13-14-15-16-17-20(24)26-18-19(23)21(22)25/h19,23H,2-18H2,1H3,(H2,22,25). The fourth-order valence-corrected chi connectivity index (χ4v) is 2.97. The molecule has 0 heterocycles. The average molecular weight is 372 g/mol. The van der Waals surface area contributed by atoms with Crippen LogP contribution in [-0.2, 0) is 14.3 Å². The summed E-state index contributed by atoms with van der Waals surface area (Å²) >= 11 is 0. The van der Waals surface area contributed by atoms with Crippen molar-refractivity contribution in [1.82, 2.24) is 0 Å². The summed E-state index contributed by atoms with van der Waals surface area (Å²) < 4.78 is 4.79. The Bertz CT molecular complexity index is 347. The Morgan fingerprint density at radius 3 is 1.54 bits per heavy atom. The zero-order valence-electron chi connectivity index (χ0n) is 16.8. The van der Waals surface area contributed by atoms with Crippen molar-refractivity contribution < 1.29 is 19.4 Å². The summed E-state index contributed by atoms with van der Waals surface area (Å²) in [5.74, 6) is -1.25. The van der Waals surface area contributed by atoms with Crippen LogP contribution in [0.1, 0.15) is 110 Å². The molecule has 0 aliphatic heterocycles. The van der Waals surface area contributed by atoms with Gasteiger partial charge in [-0.15, -0.1) is 0 Å². The summed E-state index contributed by atoms with van der Waals surface area (Å²) in [6.07, 6.45) is 18.2. The molecule has 26 heavy (non-hydrogen) atoms. The molecule has 0 saturated heterocycles. The zero-order chi connectivity index (χ0) is 19.5. The lowest BCUT2D eigenvalue weighted by molar-refractivity contribution is -0.148. The first kappa shape index (κ1) is 24.9. The summed E-state index contributed by atoms with van der Waals surface area (Å²) in [5, 5.41) is 9.13. The molecule has 0 rings (SSSR count). The van der Waals surface area contributed by atoms with E-state index >= 15 is 0 Å². The van der Waals surface area contributed by atoms with E-state index in [4.69, 9.17) is 15.6 Å². The molecule has 0 fully saturated rings. The Morgan fingerprint density at radius 2 is 1.15 bits per heavy atom. The number of primary amides is 1. The van der Waals surface area contributed by atoms with E-state index < -0.39 is 12.0 Å². The number of unbranched alkanes of at least 4 members (excludes halogenated alkanes) is 14. The van der Waals surface area contributed by atoms with Crippen LogP contribution >= 0.6 is 0 Å². The molecule has 0 saturated carbocycles. The second-order valence-electron chi connectivity index (χ2n) is 7.30. The molecule has 0 aliphatic carbocycles. The number of amides is 1. The van der Waals surface area contributed by atoms with E-state index in [1.807, 2.05) is 0 Å². The largest absolute Gasteiger partial charge is 0.462 e. The van der Waals surface area contributed by atoms with Crippen LogP contribution in [0.3, 0.4) is 0 Å². The van der Waals surface area contributed by atoms with Crippen molar-refractivity contribution in [3.63, 3.8) is 0 Å². The zero-order valence-corrected chi connectivity index (χ0v) is 16.8.